The van der Waals surface area contributed by atoms with Crippen molar-refractivity contribution in [3.63, 3.8) is 0 Å². The number of likely N-dealkylation sites (N-methyl/N-ethyl adjacent to an activating group) is 1. The van der Waals surface area contributed by atoms with Gasteiger partial charge in [-0.1, -0.05) is 43.5 Å². The van der Waals surface area contributed by atoms with E-state index in [-0.39, 0.29) is 18.3 Å². The van der Waals surface area contributed by atoms with E-state index in [1.807, 2.05) is 11.0 Å². The normalized spacial score (nSPS) is 19.3. The van der Waals surface area contributed by atoms with Gasteiger partial charge in [0.05, 0.1) is 11.3 Å². The van der Waals surface area contributed by atoms with E-state index in [0.29, 0.717) is 17.5 Å². The molecule has 1 N–H and O–H groups in total. The fourth-order valence-corrected chi connectivity index (χ4v) is 7.21. The van der Waals surface area contributed by atoms with Crippen LogP contribution in [0.3, 0.4) is 0 Å². The minimum absolute atomic E-state index is 0. The lowest BCUT2D eigenvalue weighted by Gasteiger charge is -2.30. The van der Waals surface area contributed by atoms with Gasteiger partial charge in [-0.3, -0.25) is 9.69 Å². The van der Waals surface area contributed by atoms with Crippen LogP contribution < -0.4 is 4.90 Å². The summed E-state index contributed by atoms with van der Waals surface area (Å²) in [6.07, 6.45) is 7.24. The van der Waals surface area contributed by atoms with Crippen LogP contribution in [0.1, 0.15) is 67.3 Å². The van der Waals surface area contributed by atoms with Crippen LogP contribution in [0.2, 0.25) is 0 Å². The number of hydrogen-bond acceptors (Lipinski definition) is 4. The van der Waals surface area contributed by atoms with E-state index in [2.05, 4.69) is 51.7 Å². The van der Waals surface area contributed by atoms with Gasteiger partial charge in [0.1, 0.15) is 0 Å². The van der Waals surface area contributed by atoms with Gasteiger partial charge in [0, 0.05) is 74.4 Å². The summed E-state index contributed by atoms with van der Waals surface area (Å²) in [6.45, 7) is 6.86. The molecule has 1 aromatic heterocycles. The van der Waals surface area contributed by atoms with Crippen molar-refractivity contribution < 1.29 is 14.7 Å². The summed E-state index contributed by atoms with van der Waals surface area (Å²) in [6, 6.07) is 14.9. The predicted molar refractivity (Wildman–Crippen MR) is 163 cm³/mol. The minimum atomic E-state index is -0.874. The zero-order valence-electron chi connectivity index (χ0n) is 23.6. The Hall–Kier alpha value is -3.03. The molecule has 214 valence electrons. The standard InChI is InChI=1S/C32H40N4O3.ClH/c1-22(37)35-15-14-25(21-35)33(2)16-17-34-18-19-36-29-20-24(32(38)39)12-13-26(29)30(23-8-4-3-5-9-23)31(36)27-10-6-7-11-28(27)34;/h6-7,10-13,20,23,25H,3-5,8-9,14-19,21H2,1-2H3,(H,38,39);1H. The number of anilines is 1. The van der Waals surface area contributed by atoms with E-state index >= 15 is 0 Å². The zero-order valence-corrected chi connectivity index (χ0v) is 24.5. The van der Waals surface area contributed by atoms with Crippen LogP contribution in [0.4, 0.5) is 5.69 Å². The lowest BCUT2D eigenvalue weighted by atomic mass is 9.81. The SMILES string of the molecule is CC(=O)N1CCC(N(C)CCN2CCn3c(c(C4CCCCC4)c4ccc(C(=O)O)cc43)-c3ccccc32)C1.Cl. The third-order valence-corrected chi connectivity index (χ3v) is 9.41. The van der Waals surface area contributed by atoms with Gasteiger partial charge in [-0.25, -0.2) is 4.79 Å². The van der Waals surface area contributed by atoms with Crippen molar-refractivity contribution in [3.8, 4) is 11.3 Å². The predicted octanol–water partition coefficient (Wildman–Crippen LogP) is 5.85. The van der Waals surface area contributed by atoms with E-state index in [1.54, 1.807) is 13.0 Å². The van der Waals surface area contributed by atoms with Crippen molar-refractivity contribution in [3.05, 3.63) is 53.6 Å². The van der Waals surface area contributed by atoms with Crippen molar-refractivity contribution in [1.82, 2.24) is 14.4 Å². The van der Waals surface area contributed by atoms with Crippen LogP contribution in [0.25, 0.3) is 22.2 Å². The van der Waals surface area contributed by atoms with Crippen LogP contribution in [0.5, 0.6) is 0 Å². The fourth-order valence-electron chi connectivity index (χ4n) is 7.21. The second-order valence-electron chi connectivity index (χ2n) is 11.7. The number of carboxylic acids is 1. The first-order valence-electron chi connectivity index (χ1n) is 14.6. The van der Waals surface area contributed by atoms with Gasteiger partial charge in [0.2, 0.25) is 5.91 Å². The Bertz CT molecular complexity index is 1400. The van der Waals surface area contributed by atoms with Crippen molar-refractivity contribution >= 4 is 40.9 Å². The Kier molecular flexibility index (Phi) is 8.43. The quantitative estimate of drug-likeness (QED) is 0.407. The number of hydrogen-bond donors (Lipinski definition) is 1. The second-order valence-corrected chi connectivity index (χ2v) is 11.7. The number of fused-ring (bicyclic) bond motifs is 5. The maximum atomic E-state index is 11.9. The first-order chi connectivity index (χ1) is 18.9. The third-order valence-electron chi connectivity index (χ3n) is 9.41. The Morgan fingerprint density at radius 2 is 1.77 bits per heavy atom. The number of carboxylic acid groups (broad SMARTS) is 1. The van der Waals surface area contributed by atoms with E-state index < -0.39 is 5.97 Å². The lowest BCUT2D eigenvalue weighted by molar-refractivity contribution is -0.127. The van der Waals surface area contributed by atoms with Crippen LogP contribution in [-0.2, 0) is 11.3 Å². The van der Waals surface area contributed by atoms with Crippen LogP contribution in [0, 0.1) is 0 Å². The lowest BCUT2D eigenvalue weighted by Crippen LogP contribution is -2.41. The highest BCUT2D eigenvalue weighted by Gasteiger charge is 2.31. The first-order valence-corrected chi connectivity index (χ1v) is 14.6. The molecule has 2 aromatic carbocycles. The highest BCUT2D eigenvalue weighted by Crippen LogP contribution is 2.47. The summed E-state index contributed by atoms with van der Waals surface area (Å²) in [7, 11) is 2.18. The average molecular weight is 565 g/mol. The molecule has 40 heavy (non-hydrogen) atoms. The number of halogens is 1. The molecule has 1 unspecified atom stereocenters. The molecule has 3 heterocycles. The number of para-hydroxylation sites is 1. The molecule has 0 bridgehead atoms. The summed E-state index contributed by atoms with van der Waals surface area (Å²) in [5.41, 5.74) is 6.64. The molecule has 0 radical (unpaired) electrons. The van der Waals surface area contributed by atoms with E-state index in [9.17, 15) is 14.7 Å². The molecule has 3 aromatic rings. The molecule has 6 rings (SSSR count). The van der Waals surface area contributed by atoms with Gasteiger partial charge in [0.25, 0.3) is 0 Å². The number of benzene rings is 2. The molecule has 1 saturated carbocycles. The second kappa shape index (κ2) is 11.8. The topological polar surface area (TPSA) is 69.0 Å². The van der Waals surface area contributed by atoms with E-state index in [1.165, 1.54) is 60.0 Å². The van der Waals surface area contributed by atoms with Crippen LogP contribution in [0.15, 0.2) is 42.5 Å². The molecule has 2 fully saturated rings. The maximum Gasteiger partial charge on any atom is 0.335 e. The molecule has 1 aliphatic carbocycles. The average Bonchev–Trinajstić information content (AvgIpc) is 3.53. The number of amides is 1. The summed E-state index contributed by atoms with van der Waals surface area (Å²) in [4.78, 5) is 30.6. The smallest absolute Gasteiger partial charge is 0.335 e. The Balaban J connectivity index is 0.00000323. The molecule has 3 aliphatic rings. The molecule has 7 nitrogen and oxygen atoms in total. The molecule has 1 saturated heterocycles. The molecular formula is C32H41ClN4O3. The molecule has 0 spiro atoms. The van der Waals surface area contributed by atoms with Crippen molar-refractivity contribution in [2.24, 2.45) is 0 Å². The van der Waals surface area contributed by atoms with Crippen molar-refractivity contribution in [1.29, 1.82) is 0 Å². The highest BCUT2D eigenvalue weighted by molar-refractivity contribution is 5.99. The monoisotopic (exact) mass is 564 g/mol. The molecule has 1 atom stereocenters. The Labute approximate surface area is 243 Å². The highest BCUT2D eigenvalue weighted by atomic mass is 35.5. The van der Waals surface area contributed by atoms with Crippen LogP contribution >= 0.6 is 12.4 Å². The summed E-state index contributed by atoms with van der Waals surface area (Å²) < 4.78 is 2.41. The first kappa shape index (κ1) is 28.5. The Morgan fingerprint density at radius 1 is 1.00 bits per heavy atom. The fraction of sp³-hybridized carbons (Fsp3) is 0.500. The summed E-state index contributed by atoms with van der Waals surface area (Å²) in [5.74, 6) is -0.201. The third kappa shape index (κ3) is 5.21. The van der Waals surface area contributed by atoms with Gasteiger partial charge in [-0.15, -0.1) is 12.4 Å². The van der Waals surface area contributed by atoms with Gasteiger partial charge in [-0.05, 0) is 56.0 Å². The number of rotatable bonds is 6. The number of aromatic carboxylic acids is 1. The number of carbonyl (C=O) groups excluding carboxylic acids is 1. The summed E-state index contributed by atoms with van der Waals surface area (Å²) in [5, 5.41) is 11.0. The maximum absolute atomic E-state index is 11.9. The van der Waals surface area contributed by atoms with E-state index in [4.69, 9.17) is 0 Å². The van der Waals surface area contributed by atoms with Crippen LogP contribution in [-0.4, -0.2) is 77.2 Å². The number of nitrogens with zero attached hydrogens (tertiary/aromatic N) is 4. The number of carbonyl (C=O) groups is 2. The molecule has 1 amide bonds. The number of aromatic nitrogens is 1. The molecule has 8 heteroatoms. The zero-order chi connectivity index (χ0) is 27.1. The van der Waals surface area contributed by atoms with Gasteiger partial charge < -0.3 is 19.5 Å². The van der Waals surface area contributed by atoms with Crippen molar-refractivity contribution in [2.75, 3.05) is 44.7 Å². The van der Waals surface area contributed by atoms with Gasteiger partial charge >= 0.3 is 5.97 Å². The van der Waals surface area contributed by atoms with Gasteiger partial charge in [0.15, 0.2) is 0 Å². The summed E-state index contributed by atoms with van der Waals surface area (Å²) >= 11 is 0. The van der Waals surface area contributed by atoms with Gasteiger partial charge in [-0.2, -0.15) is 0 Å². The van der Waals surface area contributed by atoms with Crippen molar-refractivity contribution in [2.45, 2.75) is 64.0 Å². The number of likely N-dealkylation sites (tertiary alicyclic amines) is 1. The minimum Gasteiger partial charge on any atom is -0.478 e. The Morgan fingerprint density at radius 3 is 2.50 bits per heavy atom. The molecule has 2 aliphatic heterocycles. The molecular weight excluding hydrogens is 524 g/mol. The largest absolute Gasteiger partial charge is 0.478 e. The van der Waals surface area contributed by atoms with E-state index in [0.717, 1.165) is 51.2 Å².